The molecule has 7 nitrogen and oxygen atoms in total. The Kier molecular flexibility index (Phi) is 5.43. The van der Waals surface area contributed by atoms with E-state index in [0.29, 0.717) is 25.9 Å². The number of hydrogen-bond donors (Lipinski definition) is 1. The normalized spacial score (nSPS) is 18.6. The summed E-state index contributed by atoms with van der Waals surface area (Å²) in [7, 11) is -3.68. The van der Waals surface area contributed by atoms with Crippen LogP contribution in [-0.4, -0.2) is 41.3 Å². The van der Waals surface area contributed by atoms with Crippen LogP contribution in [0.5, 0.6) is 0 Å². The van der Waals surface area contributed by atoms with Gasteiger partial charge in [0.25, 0.3) is 10.0 Å². The van der Waals surface area contributed by atoms with Crippen molar-refractivity contribution in [1.82, 2.24) is 13.9 Å². The molecule has 2 heterocycles. The maximum atomic E-state index is 12.8. The molecule has 1 aromatic heterocycles. The van der Waals surface area contributed by atoms with Gasteiger partial charge in [0.15, 0.2) is 5.03 Å². The summed E-state index contributed by atoms with van der Waals surface area (Å²) in [5.74, 6) is -0.510. The highest BCUT2D eigenvalue weighted by Crippen LogP contribution is 2.24. The molecular formula is C18H24N4O3S. The number of aryl methyl sites for hydroxylation is 2. The van der Waals surface area contributed by atoms with Crippen LogP contribution in [-0.2, 0) is 21.4 Å². The second-order valence-electron chi connectivity index (χ2n) is 6.55. The summed E-state index contributed by atoms with van der Waals surface area (Å²) in [4.78, 5) is 16.6. The molecule has 0 unspecified atom stereocenters. The molecule has 8 heteroatoms. The molecule has 0 saturated carbocycles. The van der Waals surface area contributed by atoms with Gasteiger partial charge in [-0.05, 0) is 38.3 Å². The van der Waals surface area contributed by atoms with Crippen molar-refractivity contribution >= 4 is 21.6 Å². The molecule has 2 aromatic rings. The number of anilines is 1. The van der Waals surface area contributed by atoms with E-state index in [4.69, 9.17) is 0 Å². The van der Waals surface area contributed by atoms with E-state index in [2.05, 4.69) is 10.3 Å². The first kappa shape index (κ1) is 18.6. The number of sulfonamides is 1. The molecular weight excluding hydrogens is 352 g/mol. The lowest BCUT2D eigenvalue weighted by molar-refractivity contribution is -0.120. The van der Waals surface area contributed by atoms with Gasteiger partial charge in [-0.2, -0.15) is 4.31 Å². The first-order chi connectivity index (χ1) is 12.4. The maximum Gasteiger partial charge on any atom is 0.262 e. The zero-order valence-electron chi connectivity index (χ0n) is 15.1. The van der Waals surface area contributed by atoms with E-state index in [1.54, 1.807) is 4.57 Å². The van der Waals surface area contributed by atoms with E-state index in [0.717, 1.165) is 11.3 Å². The molecule has 1 atom stereocenters. The summed E-state index contributed by atoms with van der Waals surface area (Å²) < 4.78 is 28.7. The van der Waals surface area contributed by atoms with Gasteiger partial charge >= 0.3 is 0 Å². The fourth-order valence-electron chi connectivity index (χ4n) is 3.10. The van der Waals surface area contributed by atoms with E-state index < -0.39 is 10.0 Å². The third kappa shape index (κ3) is 3.81. The maximum absolute atomic E-state index is 12.8. The molecule has 1 N–H and O–H groups in total. The van der Waals surface area contributed by atoms with Crippen molar-refractivity contribution < 1.29 is 13.2 Å². The lowest BCUT2D eigenvalue weighted by Crippen LogP contribution is -2.43. The third-order valence-electron chi connectivity index (χ3n) is 4.74. The molecule has 1 saturated heterocycles. The van der Waals surface area contributed by atoms with Crippen molar-refractivity contribution in [2.45, 2.75) is 38.3 Å². The average Bonchev–Trinajstić information content (AvgIpc) is 3.14. The second kappa shape index (κ2) is 7.59. The van der Waals surface area contributed by atoms with Crippen LogP contribution in [0.2, 0.25) is 0 Å². The number of nitrogens with zero attached hydrogens (tertiary/aromatic N) is 3. The summed E-state index contributed by atoms with van der Waals surface area (Å²) in [6.07, 6.45) is 4.37. The van der Waals surface area contributed by atoms with Gasteiger partial charge in [-0.25, -0.2) is 13.4 Å². The number of aromatic nitrogens is 2. The number of amides is 1. The van der Waals surface area contributed by atoms with Crippen molar-refractivity contribution in [3.8, 4) is 0 Å². The van der Waals surface area contributed by atoms with Gasteiger partial charge in [-0.15, -0.1) is 0 Å². The number of para-hydroxylation sites is 1. The Morgan fingerprint density at radius 1 is 1.35 bits per heavy atom. The minimum Gasteiger partial charge on any atom is -0.336 e. The van der Waals surface area contributed by atoms with Crippen molar-refractivity contribution in [3.05, 3.63) is 42.4 Å². The van der Waals surface area contributed by atoms with Crippen LogP contribution < -0.4 is 5.32 Å². The summed E-state index contributed by atoms with van der Waals surface area (Å²) in [6.45, 7) is 5.10. The summed E-state index contributed by atoms with van der Waals surface area (Å²) in [6, 6.07) is 7.55. The largest absolute Gasteiger partial charge is 0.336 e. The highest BCUT2D eigenvalue weighted by molar-refractivity contribution is 7.89. The zero-order chi connectivity index (χ0) is 18.7. The van der Waals surface area contributed by atoms with E-state index in [-0.39, 0.29) is 23.4 Å². The van der Waals surface area contributed by atoms with Crippen molar-refractivity contribution in [3.63, 3.8) is 0 Å². The van der Waals surface area contributed by atoms with Gasteiger partial charge in [0.1, 0.15) is 0 Å². The number of benzene rings is 1. The molecule has 1 fully saturated rings. The number of rotatable bonds is 5. The Hall–Kier alpha value is -2.19. The lowest BCUT2D eigenvalue weighted by Gasteiger charge is -2.30. The number of imidazole rings is 1. The molecule has 1 aliphatic rings. The fourth-order valence-corrected chi connectivity index (χ4v) is 4.56. The van der Waals surface area contributed by atoms with Crippen LogP contribution in [0.4, 0.5) is 5.69 Å². The molecule has 140 valence electrons. The highest BCUT2D eigenvalue weighted by Gasteiger charge is 2.34. The summed E-state index contributed by atoms with van der Waals surface area (Å²) >= 11 is 0. The summed E-state index contributed by atoms with van der Waals surface area (Å²) in [5, 5.41) is 2.97. The summed E-state index contributed by atoms with van der Waals surface area (Å²) in [5.41, 5.74) is 1.74. The number of hydrogen-bond acceptors (Lipinski definition) is 4. The standard InChI is InChI=1S/C18H24N4O3S/c1-3-21-12-17(19-13-21)26(24,25)22-10-6-8-15(11-22)18(23)20-16-9-5-4-7-14(16)2/h4-5,7,9,12-13,15H,3,6,8,10-11H2,1-2H3,(H,20,23)/t15-/m1/s1. The number of nitrogens with one attached hydrogen (secondary N) is 1. The second-order valence-corrected chi connectivity index (χ2v) is 8.43. The van der Waals surface area contributed by atoms with Gasteiger partial charge in [0.05, 0.1) is 12.2 Å². The molecule has 0 radical (unpaired) electrons. The highest BCUT2D eigenvalue weighted by atomic mass is 32.2. The lowest BCUT2D eigenvalue weighted by atomic mass is 9.98. The Morgan fingerprint density at radius 3 is 2.81 bits per heavy atom. The Morgan fingerprint density at radius 2 is 2.12 bits per heavy atom. The topological polar surface area (TPSA) is 84.3 Å². The number of piperidine rings is 1. The van der Waals surface area contributed by atoms with Crippen LogP contribution in [0.15, 0.2) is 41.8 Å². The van der Waals surface area contributed by atoms with Gasteiger partial charge in [-0.1, -0.05) is 18.2 Å². The Labute approximate surface area is 154 Å². The van der Waals surface area contributed by atoms with Crippen LogP contribution >= 0.6 is 0 Å². The molecule has 1 aliphatic heterocycles. The molecule has 1 amide bonds. The Balaban J connectivity index is 1.72. The molecule has 0 spiro atoms. The predicted molar refractivity (Wildman–Crippen MR) is 99.2 cm³/mol. The van der Waals surface area contributed by atoms with E-state index in [1.807, 2.05) is 38.1 Å². The quantitative estimate of drug-likeness (QED) is 0.867. The van der Waals surface area contributed by atoms with E-state index in [9.17, 15) is 13.2 Å². The van der Waals surface area contributed by atoms with Crippen molar-refractivity contribution in [2.24, 2.45) is 5.92 Å². The minimum atomic E-state index is -3.68. The molecule has 0 aliphatic carbocycles. The van der Waals surface area contributed by atoms with E-state index in [1.165, 1.54) is 16.8 Å². The molecule has 0 bridgehead atoms. The van der Waals surface area contributed by atoms with Gasteiger partial charge < -0.3 is 9.88 Å². The SMILES string of the molecule is CCn1cnc(S(=O)(=O)N2CCC[C@@H](C(=O)Nc3ccccc3C)C2)c1. The van der Waals surface area contributed by atoms with Gasteiger partial charge in [0.2, 0.25) is 5.91 Å². The first-order valence-corrected chi connectivity index (χ1v) is 10.2. The number of carbonyl (C=O) groups excluding carboxylic acids is 1. The molecule has 3 rings (SSSR count). The molecule has 26 heavy (non-hydrogen) atoms. The van der Waals surface area contributed by atoms with Crippen molar-refractivity contribution in [2.75, 3.05) is 18.4 Å². The number of carbonyl (C=O) groups is 1. The minimum absolute atomic E-state index is 0.0410. The molecule has 1 aromatic carbocycles. The monoisotopic (exact) mass is 376 g/mol. The van der Waals surface area contributed by atoms with E-state index >= 15 is 0 Å². The zero-order valence-corrected chi connectivity index (χ0v) is 15.9. The van der Waals surface area contributed by atoms with Crippen LogP contribution in [0.1, 0.15) is 25.3 Å². The first-order valence-electron chi connectivity index (χ1n) is 8.80. The van der Waals surface area contributed by atoms with Crippen LogP contribution in [0.3, 0.4) is 0 Å². The van der Waals surface area contributed by atoms with Crippen LogP contribution in [0, 0.1) is 12.8 Å². The third-order valence-corrected chi connectivity index (χ3v) is 6.49. The fraction of sp³-hybridized carbons (Fsp3) is 0.444. The smallest absolute Gasteiger partial charge is 0.262 e. The van der Waals surface area contributed by atoms with Gasteiger partial charge in [-0.3, -0.25) is 4.79 Å². The predicted octanol–water partition coefficient (Wildman–Crippen LogP) is 2.25. The van der Waals surface area contributed by atoms with Gasteiger partial charge in [0, 0.05) is 31.5 Å². The van der Waals surface area contributed by atoms with Crippen LogP contribution in [0.25, 0.3) is 0 Å². The average molecular weight is 376 g/mol. The van der Waals surface area contributed by atoms with Crippen molar-refractivity contribution in [1.29, 1.82) is 0 Å². The Bertz CT molecular complexity index is 891.